The summed E-state index contributed by atoms with van der Waals surface area (Å²) >= 11 is 0. The minimum atomic E-state index is -0.441. The molecule has 0 aliphatic rings. The molecule has 1 rings (SSSR count). The topological polar surface area (TPSA) is 74.6 Å². The highest BCUT2D eigenvalue weighted by molar-refractivity contribution is 5.82. The fourth-order valence-electron chi connectivity index (χ4n) is 2.41. The van der Waals surface area contributed by atoms with Gasteiger partial charge in [0.05, 0.1) is 12.3 Å². The highest BCUT2D eigenvalue weighted by atomic mass is 16.3. The summed E-state index contributed by atoms with van der Waals surface area (Å²) in [6.45, 7) is 12.3. The zero-order chi connectivity index (χ0) is 18.2. The van der Waals surface area contributed by atoms with Crippen molar-refractivity contribution in [3.8, 4) is 0 Å². The lowest BCUT2D eigenvalue weighted by molar-refractivity contribution is -0.128. The van der Waals surface area contributed by atoms with Crippen LogP contribution in [0.25, 0.3) is 0 Å². The molecule has 6 nitrogen and oxygen atoms in total. The summed E-state index contributed by atoms with van der Waals surface area (Å²) in [6, 6.07) is 3.80. The van der Waals surface area contributed by atoms with Crippen LogP contribution < -0.4 is 10.6 Å². The summed E-state index contributed by atoms with van der Waals surface area (Å²) in [7, 11) is 0. The molecule has 0 aliphatic heterocycles. The van der Waals surface area contributed by atoms with Crippen LogP contribution >= 0.6 is 0 Å². The van der Waals surface area contributed by atoms with Crippen molar-refractivity contribution < 1.29 is 14.0 Å². The van der Waals surface area contributed by atoms with Gasteiger partial charge in [-0.1, -0.05) is 34.6 Å². The molecule has 1 aromatic heterocycles. The third-order valence-corrected chi connectivity index (χ3v) is 3.94. The minimum Gasteiger partial charge on any atom is -0.468 e. The van der Waals surface area contributed by atoms with Gasteiger partial charge in [0.1, 0.15) is 5.76 Å². The lowest BCUT2D eigenvalue weighted by Crippen LogP contribution is -2.40. The van der Waals surface area contributed by atoms with E-state index in [0.717, 1.165) is 18.8 Å². The van der Waals surface area contributed by atoms with Crippen molar-refractivity contribution in [2.45, 2.75) is 47.1 Å². The molecule has 0 unspecified atom stereocenters. The number of hydrogen-bond acceptors (Lipinski definition) is 4. The van der Waals surface area contributed by atoms with Crippen LogP contribution in [0.1, 0.15) is 52.8 Å². The van der Waals surface area contributed by atoms with Crippen LogP contribution in [0.4, 0.5) is 0 Å². The summed E-state index contributed by atoms with van der Waals surface area (Å²) in [5.41, 5.74) is -0.441. The highest BCUT2D eigenvalue weighted by Crippen LogP contribution is 2.20. The zero-order valence-electron chi connectivity index (χ0n) is 15.5. The number of furan rings is 1. The van der Waals surface area contributed by atoms with Crippen LogP contribution in [0.2, 0.25) is 0 Å². The molecule has 2 amide bonds. The Kier molecular flexibility index (Phi) is 7.98. The molecule has 0 fully saturated rings. The molecule has 0 bridgehead atoms. The molecule has 1 atom stereocenters. The van der Waals surface area contributed by atoms with Gasteiger partial charge in [-0.25, -0.2) is 0 Å². The van der Waals surface area contributed by atoms with E-state index in [2.05, 4.69) is 29.4 Å². The van der Waals surface area contributed by atoms with Gasteiger partial charge in [-0.15, -0.1) is 0 Å². The molecular formula is C18H31N3O3. The van der Waals surface area contributed by atoms with Gasteiger partial charge in [0.15, 0.2) is 0 Å². The maximum absolute atomic E-state index is 12.0. The van der Waals surface area contributed by atoms with E-state index in [0.29, 0.717) is 13.1 Å². The Labute approximate surface area is 145 Å². The molecule has 0 saturated heterocycles. The summed E-state index contributed by atoms with van der Waals surface area (Å²) in [4.78, 5) is 26.0. The number of carbonyl (C=O) groups is 2. The summed E-state index contributed by atoms with van der Waals surface area (Å²) in [6.07, 6.45) is 1.92. The van der Waals surface area contributed by atoms with E-state index < -0.39 is 5.41 Å². The first kappa shape index (κ1) is 20.2. The summed E-state index contributed by atoms with van der Waals surface area (Å²) < 4.78 is 5.51. The molecule has 0 saturated carbocycles. The second-order valence-corrected chi connectivity index (χ2v) is 6.81. The molecule has 0 aromatic carbocycles. The summed E-state index contributed by atoms with van der Waals surface area (Å²) in [5.74, 6) is 0.722. The van der Waals surface area contributed by atoms with E-state index in [1.165, 1.54) is 0 Å². The molecule has 1 aromatic rings. The van der Waals surface area contributed by atoms with Crippen molar-refractivity contribution in [1.29, 1.82) is 0 Å². The SMILES string of the molecule is CCN(CC)[C@H](CNC(=O)CCNC(=O)C(C)(C)C)c1ccco1. The third kappa shape index (κ3) is 6.35. The molecule has 0 aliphatic carbocycles. The van der Waals surface area contributed by atoms with Gasteiger partial charge in [-0.3, -0.25) is 14.5 Å². The number of hydrogen-bond donors (Lipinski definition) is 2. The average molecular weight is 337 g/mol. The number of likely N-dealkylation sites (N-methyl/N-ethyl adjacent to an activating group) is 1. The quantitative estimate of drug-likeness (QED) is 0.725. The van der Waals surface area contributed by atoms with Crippen LogP contribution in [-0.4, -0.2) is 42.9 Å². The van der Waals surface area contributed by atoms with Crippen molar-refractivity contribution in [2.24, 2.45) is 5.41 Å². The van der Waals surface area contributed by atoms with E-state index in [1.807, 2.05) is 32.9 Å². The van der Waals surface area contributed by atoms with Crippen LogP contribution in [0, 0.1) is 5.41 Å². The molecule has 136 valence electrons. The van der Waals surface area contributed by atoms with E-state index in [4.69, 9.17) is 4.42 Å². The number of amides is 2. The number of rotatable bonds is 9. The van der Waals surface area contributed by atoms with E-state index >= 15 is 0 Å². The normalized spacial score (nSPS) is 12.9. The van der Waals surface area contributed by atoms with Gasteiger partial charge >= 0.3 is 0 Å². The van der Waals surface area contributed by atoms with Gasteiger partial charge in [-0.2, -0.15) is 0 Å². The minimum absolute atomic E-state index is 0.0168. The van der Waals surface area contributed by atoms with Crippen molar-refractivity contribution in [1.82, 2.24) is 15.5 Å². The lowest BCUT2D eigenvalue weighted by Gasteiger charge is -2.28. The van der Waals surface area contributed by atoms with Crippen LogP contribution in [0.3, 0.4) is 0 Å². The van der Waals surface area contributed by atoms with Gasteiger partial charge in [0.25, 0.3) is 0 Å². The first-order valence-electron chi connectivity index (χ1n) is 8.62. The Morgan fingerprint density at radius 2 is 1.88 bits per heavy atom. The molecule has 24 heavy (non-hydrogen) atoms. The third-order valence-electron chi connectivity index (χ3n) is 3.94. The maximum Gasteiger partial charge on any atom is 0.225 e. The maximum atomic E-state index is 12.0. The standard InChI is InChI=1S/C18H31N3O3/c1-6-21(7-2)14(15-9-8-12-24-15)13-20-16(22)10-11-19-17(23)18(3,4)5/h8-9,12,14H,6-7,10-11,13H2,1-5H3,(H,19,23)(H,20,22)/t14-/m1/s1. The monoisotopic (exact) mass is 337 g/mol. The van der Waals surface area contributed by atoms with E-state index in [9.17, 15) is 9.59 Å². The summed E-state index contributed by atoms with van der Waals surface area (Å²) in [5, 5.41) is 5.73. The number of carbonyl (C=O) groups excluding carboxylic acids is 2. The predicted molar refractivity (Wildman–Crippen MR) is 94.5 cm³/mol. The molecule has 2 N–H and O–H groups in total. The second-order valence-electron chi connectivity index (χ2n) is 6.81. The number of nitrogens with one attached hydrogen (secondary N) is 2. The Morgan fingerprint density at radius 3 is 2.38 bits per heavy atom. The Bertz CT molecular complexity index is 502. The average Bonchev–Trinajstić information content (AvgIpc) is 3.04. The van der Waals surface area contributed by atoms with Crippen molar-refractivity contribution >= 4 is 11.8 Å². The van der Waals surface area contributed by atoms with E-state index in [-0.39, 0.29) is 24.3 Å². The molecule has 6 heteroatoms. The Balaban J connectivity index is 2.46. The molecular weight excluding hydrogens is 306 g/mol. The van der Waals surface area contributed by atoms with Crippen molar-refractivity contribution in [2.75, 3.05) is 26.2 Å². The first-order chi connectivity index (χ1) is 11.3. The van der Waals surface area contributed by atoms with Gasteiger partial charge in [0.2, 0.25) is 11.8 Å². The van der Waals surface area contributed by atoms with Gasteiger partial charge in [0, 0.05) is 24.9 Å². The van der Waals surface area contributed by atoms with Gasteiger partial charge in [-0.05, 0) is 25.2 Å². The fourth-order valence-corrected chi connectivity index (χ4v) is 2.41. The van der Waals surface area contributed by atoms with Crippen LogP contribution in [-0.2, 0) is 9.59 Å². The largest absolute Gasteiger partial charge is 0.468 e. The predicted octanol–water partition coefficient (Wildman–Crippen LogP) is 2.33. The first-order valence-corrected chi connectivity index (χ1v) is 8.62. The van der Waals surface area contributed by atoms with Gasteiger partial charge < -0.3 is 15.1 Å². The van der Waals surface area contributed by atoms with Crippen molar-refractivity contribution in [3.63, 3.8) is 0 Å². The molecule has 0 spiro atoms. The Hall–Kier alpha value is -1.82. The van der Waals surface area contributed by atoms with Crippen LogP contribution in [0.15, 0.2) is 22.8 Å². The fraction of sp³-hybridized carbons (Fsp3) is 0.667. The molecule has 1 heterocycles. The molecule has 0 radical (unpaired) electrons. The zero-order valence-corrected chi connectivity index (χ0v) is 15.5. The van der Waals surface area contributed by atoms with Crippen molar-refractivity contribution in [3.05, 3.63) is 24.2 Å². The Morgan fingerprint density at radius 1 is 1.21 bits per heavy atom. The number of nitrogens with zero attached hydrogens (tertiary/aromatic N) is 1. The highest BCUT2D eigenvalue weighted by Gasteiger charge is 2.22. The lowest BCUT2D eigenvalue weighted by atomic mass is 9.96. The second kappa shape index (κ2) is 9.47. The van der Waals surface area contributed by atoms with E-state index in [1.54, 1.807) is 6.26 Å². The van der Waals surface area contributed by atoms with Crippen LogP contribution in [0.5, 0.6) is 0 Å². The smallest absolute Gasteiger partial charge is 0.225 e.